The number of nitrogens with zero attached hydrogens (tertiary/aromatic N) is 1. The first kappa shape index (κ1) is 16.4. The van der Waals surface area contributed by atoms with Crippen LogP contribution in [0.2, 0.25) is 0 Å². The molecule has 1 N–H and O–H groups in total. The number of carbonyl (C=O) groups is 2. The molecule has 0 radical (unpaired) electrons. The van der Waals surface area contributed by atoms with Gasteiger partial charge in [-0.3, -0.25) is 9.63 Å². The van der Waals surface area contributed by atoms with E-state index in [4.69, 9.17) is 4.84 Å². The summed E-state index contributed by atoms with van der Waals surface area (Å²) in [4.78, 5) is 27.0. The van der Waals surface area contributed by atoms with Gasteiger partial charge in [-0.15, -0.1) is 0 Å². The van der Waals surface area contributed by atoms with Gasteiger partial charge in [-0.25, -0.2) is 9.86 Å². The highest BCUT2D eigenvalue weighted by Crippen LogP contribution is 2.08. The summed E-state index contributed by atoms with van der Waals surface area (Å²) in [5, 5.41) is 3.79. The van der Waals surface area contributed by atoms with Crippen molar-refractivity contribution in [1.29, 1.82) is 0 Å². The van der Waals surface area contributed by atoms with Crippen LogP contribution in [0.1, 0.15) is 27.2 Å². The molecule has 0 atom stereocenters. The Morgan fingerprint density at radius 3 is 2.59 bits per heavy atom. The highest BCUT2D eigenvalue weighted by Gasteiger charge is 2.15. The summed E-state index contributed by atoms with van der Waals surface area (Å²) in [6.07, 6.45) is 0.785. The molecule has 2 amide bonds. The maximum Gasteiger partial charge on any atom is 0.407 e. The number of ether oxygens (including phenoxy) is 1. The highest BCUT2D eigenvalue weighted by atomic mass is 127. The molecule has 0 bridgehead atoms. The van der Waals surface area contributed by atoms with Crippen molar-refractivity contribution in [2.45, 2.75) is 32.8 Å². The van der Waals surface area contributed by atoms with E-state index in [1.807, 2.05) is 43.4 Å². The lowest BCUT2D eigenvalue weighted by Crippen LogP contribution is -2.35. The van der Waals surface area contributed by atoms with Crippen molar-refractivity contribution < 1.29 is 19.2 Å². The van der Waals surface area contributed by atoms with Crippen molar-refractivity contribution in [2.75, 3.05) is 17.7 Å². The van der Waals surface area contributed by atoms with Gasteiger partial charge in [0.1, 0.15) is 4.61 Å². The zero-order valence-corrected chi connectivity index (χ0v) is 12.5. The van der Waals surface area contributed by atoms with Crippen LogP contribution in [0.3, 0.4) is 0 Å². The standard InChI is InChI=1S/C10H19IN2O4/c1-10(2,3)17-13(8-14)6-4-5-12-9(15)16-7-11/h8H,4-7H2,1-3H3,(H,12,15). The Bertz CT molecular complexity index is 243. The molecule has 0 aliphatic carbocycles. The van der Waals surface area contributed by atoms with Crippen LogP contribution in [-0.4, -0.2) is 40.9 Å². The minimum atomic E-state index is -0.450. The number of halogens is 1. The molecule has 0 fully saturated rings. The Labute approximate surface area is 115 Å². The molecule has 0 aromatic carbocycles. The Hall–Kier alpha value is -0.570. The second-order valence-electron chi connectivity index (χ2n) is 4.27. The van der Waals surface area contributed by atoms with Crippen molar-refractivity contribution in [1.82, 2.24) is 10.4 Å². The monoisotopic (exact) mass is 358 g/mol. The zero-order chi connectivity index (χ0) is 13.3. The fraction of sp³-hybridized carbons (Fsp3) is 0.800. The van der Waals surface area contributed by atoms with E-state index in [0.717, 1.165) is 0 Å². The Balaban J connectivity index is 3.71. The lowest BCUT2D eigenvalue weighted by Gasteiger charge is -2.26. The minimum Gasteiger partial charge on any atom is -0.439 e. The van der Waals surface area contributed by atoms with Crippen molar-refractivity contribution in [3.63, 3.8) is 0 Å². The molecule has 0 aromatic rings. The summed E-state index contributed by atoms with van der Waals surface area (Å²) < 4.78 is 4.99. The van der Waals surface area contributed by atoms with Gasteiger partial charge < -0.3 is 10.1 Å². The molecule has 6 nitrogen and oxygen atoms in total. The van der Waals surface area contributed by atoms with E-state index in [1.54, 1.807) is 0 Å². The predicted molar refractivity (Wildman–Crippen MR) is 71.6 cm³/mol. The molecule has 0 heterocycles. The Kier molecular flexibility index (Phi) is 8.23. The van der Waals surface area contributed by atoms with E-state index in [1.165, 1.54) is 5.06 Å². The Morgan fingerprint density at radius 2 is 2.12 bits per heavy atom. The third-order valence-electron chi connectivity index (χ3n) is 1.52. The van der Waals surface area contributed by atoms with Crippen LogP contribution in [0.5, 0.6) is 0 Å². The molecule has 0 aliphatic rings. The first-order chi connectivity index (χ1) is 7.89. The summed E-state index contributed by atoms with van der Waals surface area (Å²) in [5.74, 6) is 0. The molecule has 0 spiro atoms. The highest BCUT2D eigenvalue weighted by molar-refractivity contribution is 14.1. The van der Waals surface area contributed by atoms with Crippen LogP contribution in [-0.2, 0) is 14.4 Å². The average Bonchev–Trinajstić information content (AvgIpc) is 2.21. The minimum absolute atomic E-state index is 0.317. The van der Waals surface area contributed by atoms with Crippen molar-refractivity contribution in [3.05, 3.63) is 0 Å². The van der Waals surface area contributed by atoms with Crippen molar-refractivity contribution in [3.8, 4) is 0 Å². The van der Waals surface area contributed by atoms with Crippen molar-refractivity contribution >= 4 is 35.1 Å². The molecule has 0 saturated heterocycles. The molecule has 0 saturated carbocycles. The van der Waals surface area contributed by atoms with Gasteiger partial charge in [0.15, 0.2) is 0 Å². The summed E-state index contributed by atoms with van der Waals surface area (Å²) in [6, 6.07) is 0. The lowest BCUT2D eigenvalue weighted by molar-refractivity contribution is -0.216. The van der Waals surface area contributed by atoms with Crippen LogP contribution in [0.25, 0.3) is 0 Å². The molecule has 0 aliphatic heterocycles. The van der Waals surface area contributed by atoms with Crippen LogP contribution < -0.4 is 5.32 Å². The molecule has 7 heteroatoms. The first-order valence-electron chi connectivity index (χ1n) is 5.26. The van der Waals surface area contributed by atoms with E-state index in [9.17, 15) is 9.59 Å². The average molecular weight is 358 g/mol. The SMILES string of the molecule is CC(C)(C)ON(C=O)CCCNC(=O)OCI. The normalized spacial score (nSPS) is 10.8. The van der Waals surface area contributed by atoms with Crippen LogP contribution in [0.15, 0.2) is 0 Å². The number of alkyl halides is 1. The second kappa shape index (κ2) is 8.51. The summed E-state index contributed by atoms with van der Waals surface area (Å²) in [5.41, 5.74) is -0.408. The molecule has 0 aromatic heterocycles. The molecule has 17 heavy (non-hydrogen) atoms. The van der Waals surface area contributed by atoms with Crippen LogP contribution in [0.4, 0.5) is 4.79 Å². The van der Waals surface area contributed by atoms with Gasteiger partial charge in [0, 0.05) is 6.54 Å². The van der Waals surface area contributed by atoms with Crippen LogP contribution >= 0.6 is 22.6 Å². The number of hydroxylamine groups is 2. The third kappa shape index (κ3) is 10.3. The topological polar surface area (TPSA) is 67.9 Å². The summed E-state index contributed by atoms with van der Waals surface area (Å²) >= 11 is 1.94. The van der Waals surface area contributed by atoms with E-state index in [-0.39, 0.29) is 0 Å². The number of nitrogens with one attached hydrogen (secondary N) is 1. The molecule has 0 unspecified atom stereocenters. The summed E-state index contributed by atoms with van der Waals surface area (Å²) in [7, 11) is 0. The predicted octanol–water partition coefficient (Wildman–Crippen LogP) is 1.68. The quantitative estimate of drug-likeness (QED) is 0.247. The fourth-order valence-electron chi connectivity index (χ4n) is 0.998. The number of hydrogen-bond acceptors (Lipinski definition) is 4. The summed E-state index contributed by atoms with van der Waals surface area (Å²) in [6.45, 7) is 6.44. The molecular formula is C10H19IN2O4. The van der Waals surface area contributed by atoms with Gasteiger partial charge in [0.25, 0.3) is 0 Å². The number of carbonyl (C=O) groups excluding carboxylic acids is 2. The first-order valence-corrected chi connectivity index (χ1v) is 6.79. The largest absolute Gasteiger partial charge is 0.439 e. The second-order valence-corrected chi connectivity index (χ2v) is 4.89. The third-order valence-corrected chi connectivity index (χ3v) is 1.83. The van der Waals surface area contributed by atoms with Gasteiger partial charge in [0.05, 0.1) is 12.1 Å². The van der Waals surface area contributed by atoms with Crippen LogP contribution in [0, 0.1) is 0 Å². The number of amides is 2. The van der Waals surface area contributed by atoms with Gasteiger partial charge in [-0.1, -0.05) is 0 Å². The Morgan fingerprint density at radius 1 is 1.47 bits per heavy atom. The van der Waals surface area contributed by atoms with E-state index in [2.05, 4.69) is 10.1 Å². The lowest BCUT2D eigenvalue weighted by atomic mass is 10.2. The van der Waals surface area contributed by atoms with Gasteiger partial charge >= 0.3 is 6.09 Å². The number of alkyl carbamates (subject to hydrolysis) is 1. The molecule has 100 valence electrons. The molecule has 0 rings (SSSR count). The van der Waals surface area contributed by atoms with E-state index in [0.29, 0.717) is 30.5 Å². The maximum absolute atomic E-state index is 10.9. The number of hydrogen-bond donors (Lipinski definition) is 1. The van der Waals surface area contributed by atoms with Gasteiger partial charge in [0.2, 0.25) is 6.41 Å². The maximum atomic E-state index is 10.9. The van der Waals surface area contributed by atoms with Gasteiger partial charge in [-0.2, -0.15) is 0 Å². The fourth-order valence-corrected chi connectivity index (χ4v) is 1.28. The van der Waals surface area contributed by atoms with Gasteiger partial charge in [-0.05, 0) is 49.8 Å². The molecular weight excluding hydrogens is 339 g/mol. The number of rotatable bonds is 7. The smallest absolute Gasteiger partial charge is 0.407 e. The van der Waals surface area contributed by atoms with E-state index < -0.39 is 11.7 Å². The zero-order valence-electron chi connectivity index (χ0n) is 10.4. The van der Waals surface area contributed by atoms with Crippen molar-refractivity contribution in [2.24, 2.45) is 0 Å². The van der Waals surface area contributed by atoms with E-state index >= 15 is 0 Å².